The summed E-state index contributed by atoms with van der Waals surface area (Å²) < 4.78 is 6.32. The summed E-state index contributed by atoms with van der Waals surface area (Å²) >= 11 is 12.7. The predicted octanol–water partition coefficient (Wildman–Crippen LogP) is 9.18. The van der Waals surface area contributed by atoms with Gasteiger partial charge in [-0.25, -0.2) is 4.79 Å². The second kappa shape index (κ2) is 18.7. The Labute approximate surface area is 339 Å². The number of aromatic nitrogens is 1. The first-order chi connectivity index (χ1) is 26.0. The van der Waals surface area contributed by atoms with Gasteiger partial charge >= 0.3 is 6.03 Å². The number of ether oxygens (including phenoxy) is 1. The van der Waals surface area contributed by atoms with Gasteiger partial charge in [0.2, 0.25) is 5.91 Å². The lowest BCUT2D eigenvalue weighted by Crippen LogP contribution is -2.51. The van der Waals surface area contributed by atoms with E-state index in [4.69, 9.17) is 37.9 Å². The van der Waals surface area contributed by atoms with E-state index in [9.17, 15) is 4.79 Å². The van der Waals surface area contributed by atoms with Gasteiger partial charge in [-0.05, 0) is 75.6 Å². The van der Waals surface area contributed by atoms with E-state index >= 15 is 4.79 Å². The number of piperidine rings is 1. The zero-order valence-electron chi connectivity index (χ0n) is 34.3. The number of piperazine rings is 1. The summed E-state index contributed by atoms with van der Waals surface area (Å²) in [6.45, 7) is 23.3. The van der Waals surface area contributed by atoms with Crippen LogP contribution in [0.4, 0.5) is 4.79 Å². The van der Waals surface area contributed by atoms with E-state index in [0.717, 1.165) is 63.2 Å². The standard InChI is InChI=1S/C44H62Cl2N6O3/c1-9-55-38-27-39(43(4,5)6)47-28-37(38)41(48-44(7,8)34-12-16-36(46)17-13-34)52(30-33-10-14-35(45)15-11-33)42(54)51-20-18-32(19-21-51)26-40(53)50-24-22-49(23-25-50)29-31(2)3/h10-12,14-17,27-28,31-32,34H,9,13,18-26,29-30H2,1-8H3. The van der Waals surface area contributed by atoms with Crippen LogP contribution < -0.4 is 4.74 Å². The average molecular weight is 794 g/mol. The minimum Gasteiger partial charge on any atom is -0.493 e. The summed E-state index contributed by atoms with van der Waals surface area (Å²) in [5.41, 5.74) is 1.62. The molecule has 2 aromatic rings. The highest BCUT2D eigenvalue weighted by Crippen LogP contribution is 2.35. The number of hydrogen-bond donors (Lipinski definition) is 0. The number of likely N-dealkylation sites (tertiary alicyclic amines) is 1. The second-order valence-corrected chi connectivity index (χ2v) is 18.2. The van der Waals surface area contributed by atoms with Crippen LogP contribution in [0.2, 0.25) is 5.02 Å². The van der Waals surface area contributed by atoms with Crippen molar-refractivity contribution in [1.29, 1.82) is 0 Å². The molecule has 1 aliphatic carbocycles. The van der Waals surface area contributed by atoms with Crippen molar-refractivity contribution in [2.24, 2.45) is 22.7 Å². The molecule has 1 unspecified atom stereocenters. The minimum absolute atomic E-state index is 0.0429. The van der Waals surface area contributed by atoms with Gasteiger partial charge in [-0.3, -0.25) is 24.6 Å². The van der Waals surface area contributed by atoms with Crippen LogP contribution in [0.25, 0.3) is 0 Å². The van der Waals surface area contributed by atoms with Gasteiger partial charge in [-0.2, -0.15) is 0 Å². The molecular formula is C44H62Cl2N6O3. The quantitative estimate of drug-likeness (QED) is 0.168. The van der Waals surface area contributed by atoms with Gasteiger partial charge in [0, 0.05) is 91.6 Å². The van der Waals surface area contributed by atoms with Crippen LogP contribution in [0.3, 0.4) is 0 Å². The molecule has 0 spiro atoms. The molecule has 0 N–H and O–H groups in total. The number of hydrogen-bond acceptors (Lipinski definition) is 6. The van der Waals surface area contributed by atoms with Crippen molar-refractivity contribution in [3.8, 4) is 5.75 Å². The predicted molar refractivity (Wildman–Crippen MR) is 225 cm³/mol. The van der Waals surface area contributed by atoms with Crippen LogP contribution in [0, 0.1) is 17.8 Å². The molecular weight excluding hydrogens is 731 g/mol. The van der Waals surface area contributed by atoms with Crippen molar-refractivity contribution in [2.75, 3.05) is 52.4 Å². The van der Waals surface area contributed by atoms with E-state index in [-0.39, 0.29) is 35.7 Å². The molecule has 1 atom stereocenters. The molecule has 2 fully saturated rings. The molecule has 5 rings (SSSR count). The average Bonchev–Trinajstić information content (AvgIpc) is 3.14. The van der Waals surface area contributed by atoms with Gasteiger partial charge in [0.1, 0.15) is 11.6 Å². The summed E-state index contributed by atoms with van der Waals surface area (Å²) in [6.07, 6.45) is 10.7. The molecule has 300 valence electrons. The number of rotatable bonds is 11. The maximum absolute atomic E-state index is 15.0. The van der Waals surface area contributed by atoms with Gasteiger partial charge in [-0.1, -0.05) is 82.1 Å². The van der Waals surface area contributed by atoms with Gasteiger partial charge in [0.25, 0.3) is 0 Å². The lowest BCUT2D eigenvalue weighted by atomic mass is 9.83. The number of benzene rings is 1. The Morgan fingerprint density at radius 2 is 1.65 bits per heavy atom. The first-order valence-electron chi connectivity index (χ1n) is 20.1. The zero-order chi connectivity index (χ0) is 39.9. The van der Waals surface area contributed by atoms with Crippen LogP contribution in [0.15, 0.2) is 64.8 Å². The van der Waals surface area contributed by atoms with E-state index in [1.54, 1.807) is 4.90 Å². The Hall–Kier alpha value is -3.40. The van der Waals surface area contributed by atoms with Crippen molar-refractivity contribution < 1.29 is 14.3 Å². The molecule has 55 heavy (non-hydrogen) atoms. The first kappa shape index (κ1) is 42.7. The Kier molecular flexibility index (Phi) is 14.5. The summed E-state index contributed by atoms with van der Waals surface area (Å²) in [4.78, 5) is 47.1. The molecule has 3 amide bonds. The Morgan fingerprint density at radius 3 is 2.24 bits per heavy atom. The zero-order valence-corrected chi connectivity index (χ0v) is 35.8. The lowest BCUT2D eigenvalue weighted by molar-refractivity contribution is -0.134. The number of pyridine rings is 1. The van der Waals surface area contributed by atoms with E-state index in [0.29, 0.717) is 59.2 Å². The van der Waals surface area contributed by atoms with Crippen molar-refractivity contribution in [2.45, 2.75) is 98.6 Å². The van der Waals surface area contributed by atoms with Crippen LogP contribution in [-0.2, 0) is 16.8 Å². The van der Waals surface area contributed by atoms with Gasteiger partial charge in [0.05, 0.1) is 24.3 Å². The lowest BCUT2D eigenvalue weighted by Gasteiger charge is -2.39. The van der Waals surface area contributed by atoms with E-state index in [1.165, 1.54) is 0 Å². The Balaban J connectivity index is 1.45. The van der Waals surface area contributed by atoms with Gasteiger partial charge in [-0.15, -0.1) is 0 Å². The number of halogens is 2. The largest absolute Gasteiger partial charge is 0.493 e. The number of aliphatic imine (C=N–C) groups is 1. The first-order valence-corrected chi connectivity index (χ1v) is 20.9. The normalized spacial score (nSPS) is 19.1. The maximum Gasteiger partial charge on any atom is 0.325 e. The molecule has 0 bridgehead atoms. The molecule has 11 heteroatoms. The third kappa shape index (κ3) is 11.6. The SMILES string of the molecule is CCOc1cc(C(C)(C)C)ncc1C(=NC(C)(C)C1C=CC(Cl)=CC1)N(Cc1ccc(Cl)cc1)C(=O)N1CCC(CC(=O)N2CCN(CC(C)C)CC2)CC1. The molecule has 2 saturated heterocycles. The third-order valence-electron chi connectivity index (χ3n) is 11.0. The molecule has 0 radical (unpaired) electrons. The van der Waals surface area contributed by atoms with E-state index in [2.05, 4.69) is 59.4 Å². The van der Waals surface area contributed by atoms with Crippen LogP contribution >= 0.6 is 23.2 Å². The monoisotopic (exact) mass is 792 g/mol. The number of carbonyl (C=O) groups excluding carboxylic acids is 2. The molecule has 1 aromatic carbocycles. The number of nitrogens with zero attached hydrogens (tertiary/aromatic N) is 6. The number of carbonyl (C=O) groups is 2. The van der Waals surface area contributed by atoms with Crippen molar-refractivity contribution in [3.05, 3.63) is 81.6 Å². The Bertz CT molecular complexity index is 1720. The van der Waals surface area contributed by atoms with Crippen LogP contribution in [0.5, 0.6) is 5.75 Å². The molecule has 3 aliphatic rings. The topological polar surface area (TPSA) is 81.6 Å². The van der Waals surface area contributed by atoms with Gasteiger partial charge in [0.15, 0.2) is 0 Å². The molecule has 9 nitrogen and oxygen atoms in total. The fourth-order valence-corrected chi connectivity index (χ4v) is 7.89. The molecule has 2 aliphatic heterocycles. The van der Waals surface area contributed by atoms with E-state index in [1.807, 2.05) is 65.4 Å². The fourth-order valence-electron chi connectivity index (χ4n) is 7.61. The smallest absolute Gasteiger partial charge is 0.325 e. The minimum atomic E-state index is -0.627. The van der Waals surface area contributed by atoms with E-state index < -0.39 is 5.54 Å². The summed E-state index contributed by atoms with van der Waals surface area (Å²) in [7, 11) is 0. The number of amides is 3. The highest BCUT2D eigenvalue weighted by Gasteiger charge is 2.36. The highest BCUT2D eigenvalue weighted by molar-refractivity contribution is 6.31. The number of allylic oxidation sites excluding steroid dienone is 3. The van der Waals surface area contributed by atoms with Crippen LogP contribution in [0.1, 0.15) is 97.9 Å². The van der Waals surface area contributed by atoms with Crippen LogP contribution in [-0.4, -0.2) is 100 Å². The second-order valence-electron chi connectivity index (χ2n) is 17.3. The summed E-state index contributed by atoms with van der Waals surface area (Å²) in [6, 6.07) is 9.45. The highest BCUT2D eigenvalue weighted by atomic mass is 35.5. The third-order valence-corrected chi connectivity index (χ3v) is 11.5. The summed E-state index contributed by atoms with van der Waals surface area (Å²) in [5, 5.41) is 1.34. The number of urea groups is 1. The van der Waals surface area contributed by atoms with Crippen molar-refractivity contribution in [1.82, 2.24) is 24.6 Å². The number of amidine groups is 1. The molecule has 1 aromatic heterocycles. The summed E-state index contributed by atoms with van der Waals surface area (Å²) in [5.74, 6) is 2.27. The molecule has 3 heterocycles. The maximum atomic E-state index is 15.0. The van der Waals surface area contributed by atoms with Crippen molar-refractivity contribution >= 4 is 41.0 Å². The fraction of sp³-hybridized carbons (Fsp3) is 0.591. The molecule has 0 saturated carbocycles. The Morgan fingerprint density at radius 1 is 0.982 bits per heavy atom. The van der Waals surface area contributed by atoms with Gasteiger partial charge < -0.3 is 14.5 Å². The van der Waals surface area contributed by atoms with Crippen molar-refractivity contribution in [3.63, 3.8) is 0 Å².